The number of nitrogens with one attached hydrogen (secondary N) is 2. The largest absolute Gasteiger partial charge is 0.364 e. The number of hydrogen-bond acceptors (Lipinski definition) is 1. The molecule has 2 nitrogen and oxygen atoms in total. The molecular formula is C17H24N2. The zero-order valence-corrected chi connectivity index (χ0v) is 11.6. The predicted molar refractivity (Wildman–Crippen MR) is 75.8 cm³/mol. The molecule has 2 heteroatoms. The summed E-state index contributed by atoms with van der Waals surface area (Å²) in [6.45, 7) is 2.28. The lowest BCUT2D eigenvalue weighted by Gasteiger charge is -2.57. The Morgan fingerprint density at radius 3 is 2.42 bits per heavy atom. The van der Waals surface area contributed by atoms with Gasteiger partial charge < -0.3 is 10.3 Å². The lowest BCUT2D eigenvalue weighted by atomic mass is 9.49. The second kappa shape index (κ2) is 3.88. The number of aromatic amines is 1. The van der Waals surface area contributed by atoms with Gasteiger partial charge in [-0.05, 0) is 73.3 Å². The monoisotopic (exact) mass is 256 g/mol. The molecule has 1 aromatic heterocycles. The van der Waals surface area contributed by atoms with Crippen LogP contribution in [0.1, 0.15) is 49.3 Å². The summed E-state index contributed by atoms with van der Waals surface area (Å²) in [5.74, 6) is 6.01. The molecule has 0 spiro atoms. The molecule has 0 amide bonds. The molecule has 4 saturated carbocycles. The van der Waals surface area contributed by atoms with Gasteiger partial charge in [-0.15, -0.1) is 0 Å². The van der Waals surface area contributed by atoms with Gasteiger partial charge in [0.2, 0.25) is 0 Å². The molecular weight excluding hydrogens is 232 g/mol. The Bertz CT molecular complexity index is 461. The van der Waals surface area contributed by atoms with Crippen LogP contribution in [-0.2, 0) is 6.54 Å². The minimum Gasteiger partial charge on any atom is -0.364 e. The Labute approximate surface area is 115 Å². The van der Waals surface area contributed by atoms with Gasteiger partial charge in [-0.25, -0.2) is 0 Å². The highest BCUT2D eigenvalue weighted by atomic mass is 14.9. The van der Waals surface area contributed by atoms with Crippen LogP contribution < -0.4 is 5.32 Å². The van der Waals surface area contributed by atoms with Gasteiger partial charge in [0.15, 0.2) is 0 Å². The van der Waals surface area contributed by atoms with Crippen LogP contribution in [0.3, 0.4) is 0 Å². The molecule has 102 valence electrons. The fourth-order valence-corrected chi connectivity index (χ4v) is 6.33. The van der Waals surface area contributed by atoms with Gasteiger partial charge >= 0.3 is 0 Å². The molecule has 6 rings (SSSR count). The third-order valence-electron chi connectivity index (χ3n) is 6.68. The minimum absolute atomic E-state index is 0.772. The van der Waals surface area contributed by atoms with Crippen LogP contribution in [-0.4, -0.2) is 11.5 Å². The Kier molecular flexibility index (Phi) is 2.24. The number of hydrogen-bond donors (Lipinski definition) is 2. The van der Waals surface area contributed by atoms with Crippen molar-refractivity contribution >= 4 is 0 Å². The molecule has 4 aliphatic carbocycles. The van der Waals surface area contributed by atoms with Crippen LogP contribution in [0.4, 0.5) is 0 Å². The molecule has 5 aliphatic rings. The standard InChI is InChI=1S/C17H24N2/c1-2-19-17-12(1)8-18-9-15(17)16-13-4-10-3-11(6-13)7-14(16)5-10/h1-2,10-11,13-16,18-19H,3-9H2. The zero-order chi connectivity index (χ0) is 12.4. The second-order valence-electron chi connectivity index (χ2n) is 7.66. The van der Waals surface area contributed by atoms with Crippen molar-refractivity contribution in [1.29, 1.82) is 0 Å². The first-order valence-electron chi connectivity index (χ1n) is 8.25. The summed E-state index contributed by atoms with van der Waals surface area (Å²) in [4.78, 5) is 3.58. The highest BCUT2D eigenvalue weighted by molar-refractivity contribution is 5.28. The average molecular weight is 256 g/mol. The van der Waals surface area contributed by atoms with Crippen LogP contribution in [0.2, 0.25) is 0 Å². The molecule has 0 saturated heterocycles. The van der Waals surface area contributed by atoms with E-state index in [0.717, 1.165) is 42.1 Å². The number of rotatable bonds is 1. The third-order valence-corrected chi connectivity index (χ3v) is 6.68. The van der Waals surface area contributed by atoms with Gasteiger partial charge in [0.05, 0.1) is 0 Å². The van der Waals surface area contributed by atoms with Gasteiger partial charge in [-0.3, -0.25) is 0 Å². The summed E-state index contributed by atoms with van der Waals surface area (Å²) < 4.78 is 0. The first-order valence-corrected chi connectivity index (χ1v) is 8.25. The van der Waals surface area contributed by atoms with Crippen LogP contribution in [0.5, 0.6) is 0 Å². The van der Waals surface area contributed by atoms with E-state index in [1.54, 1.807) is 37.8 Å². The first-order chi connectivity index (χ1) is 9.38. The van der Waals surface area contributed by atoms with Crippen LogP contribution in [0.15, 0.2) is 12.3 Å². The topological polar surface area (TPSA) is 27.8 Å². The van der Waals surface area contributed by atoms with Gasteiger partial charge in [0.1, 0.15) is 0 Å². The molecule has 19 heavy (non-hydrogen) atoms. The molecule has 2 N–H and O–H groups in total. The van der Waals surface area contributed by atoms with E-state index >= 15 is 0 Å². The van der Waals surface area contributed by atoms with E-state index in [2.05, 4.69) is 22.6 Å². The predicted octanol–water partition coefficient (Wildman–Crippen LogP) is 3.27. The van der Waals surface area contributed by atoms with E-state index < -0.39 is 0 Å². The first kappa shape index (κ1) is 11.0. The van der Waals surface area contributed by atoms with Crippen LogP contribution >= 0.6 is 0 Å². The maximum Gasteiger partial charge on any atom is 0.0240 e. The number of aromatic nitrogens is 1. The molecule has 4 fully saturated rings. The Balaban J connectivity index is 1.51. The van der Waals surface area contributed by atoms with Gasteiger partial charge in [0, 0.05) is 30.9 Å². The summed E-state index contributed by atoms with van der Waals surface area (Å²) in [6.07, 6.45) is 9.90. The van der Waals surface area contributed by atoms with E-state index in [4.69, 9.17) is 0 Å². The van der Waals surface area contributed by atoms with Gasteiger partial charge in [-0.2, -0.15) is 0 Å². The smallest absolute Gasteiger partial charge is 0.0240 e. The summed E-state index contributed by atoms with van der Waals surface area (Å²) in [6, 6.07) is 2.28. The second-order valence-corrected chi connectivity index (χ2v) is 7.66. The maximum atomic E-state index is 3.67. The van der Waals surface area contributed by atoms with E-state index in [-0.39, 0.29) is 0 Å². The molecule has 0 radical (unpaired) electrons. The molecule has 1 aromatic rings. The molecule has 1 atom stereocenters. The summed E-state index contributed by atoms with van der Waals surface area (Å²) >= 11 is 0. The van der Waals surface area contributed by atoms with Gasteiger partial charge in [0.25, 0.3) is 0 Å². The lowest BCUT2D eigenvalue weighted by molar-refractivity contribution is -0.0490. The third kappa shape index (κ3) is 1.53. The van der Waals surface area contributed by atoms with Crippen molar-refractivity contribution in [3.8, 4) is 0 Å². The van der Waals surface area contributed by atoms with Gasteiger partial charge in [-0.1, -0.05) is 0 Å². The van der Waals surface area contributed by atoms with Crippen molar-refractivity contribution in [3.63, 3.8) is 0 Å². The van der Waals surface area contributed by atoms with Crippen molar-refractivity contribution in [1.82, 2.24) is 10.3 Å². The Morgan fingerprint density at radius 1 is 0.947 bits per heavy atom. The maximum absolute atomic E-state index is 3.67. The van der Waals surface area contributed by atoms with Crippen molar-refractivity contribution in [3.05, 3.63) is 23.5 Å². The minimum atomic E-state index is 0.772. The van der Waals surface area contributed by atoms with Crippen molar-refractivity contribution < 1.29 is 0 Å². The highest BCUT2D eigenvalue weighted by Gasteiger charge is 2.51. The summed E-state index contributed by atoms with van der Waals surface area (Å²) in [7, 11) is 0. The Morgan fingerprint density at radius 2 is 1.68 bits per heavy atom. The Hall–Kier alpha value is -0.760. The molecule has 1 unspecified atom stereocenters. The number of fused-ring (bicyclic) bond motifs is 1. The fourth-order valence-electron chi connectivity index (χ4n) is 6.33. The van der Waals surface area contributed by atoms with E-state index in [9.17, 15) is 0 Å². The normalized spacial score (nSPS) is 47.4. The average Bonchev–Trinajstić information content (AvgIpc) is 2.86. The lowest BCUT2D eigenvalue weighted by Crippen LogP contribution is -2.49. The highest BCUT2D eigenvalue weighted by Crippen LogP contribution is 2.59. The van der Waals surface area contributed by atoms with E-state index in [1.165, 1.54) is 12.1 Å². The van der Waals surface area contributed by atoms with Crippen molar-refractivity contribution in [2.75, 3.05) is 6.54 Å². The van der Waals surface area contributed by atoms with Crippen LogP contribution in [0, 0.1) is 29.6 Å². The summed E-state index contributed by atoms with van der Waals surface area (Å²) in [5, 5.41) is 3.67. The summed E-state index contributed by atoms with van der Waals surface area (Å²) in [5.41, 5.74) is 3.11. The molecule has 0 aromatic carbocycles. The van der Waals surface area contributed by atoms with Crippen molar-refractivity contribution in [2.24, 2.45) is 29.6 Å². The van der Waals surface area contributed by atoms with E-state index in [0.29, 0.717) is 0 Å². The molecule has 1 aliphatic heterocycles. The zero-order valence-electron chi connectivity index (χ0n) is 11.6. The quantitative estimate of drug-likeness (QED) is 0.793. The van der Waals surface area contributed by atoms with Crippen LogP contribution in [0.25, 0.3) is 0 Å². The SMILES string of the molecule is c1cc2c([nH]1)C(C1C3CC4CC(C3)CC1C4)CNC2. The van der Waals surface area contributed by atoms with E-state index in [1.807, 2.05) is 0 Å². The fraction of sp³-hybridized carbons (Fsp3) is 0.765. The number of H-pyrrole nitrogens is 1. The van der Waals surface area contributed by atoms with Crippen molar-refractivity contribution in [2.45, 2.75) is 44.6 Å². The molecule has 4 bridgehead atoms. The molecule has 2 heterocycles.